The second-order valence-electron chi connectivity index (χ2n) is 6.65. The lowest BCUT2D eigenvalue weighted by Crippen LogP contribution is -2.55. The van der Waals surface area contributed by atoms with E-state index in [9.17, 15) is 14.7 Å². The van der Waals surface area contributed by atoms with Gasteiger partial charge in [0.25, 0.3) is 0 Å². The van der Waals surface area contributed by atoms with Gasteiger partial charge >= 0.3 is 12.2 Å². The number of aryl methyl sites for hydroxylation is 1. The zero-order chi connectivity index (χ0) is 17.3. The summed E-state index contributed by atoms with van der Waals surface area (Å²) in [5.74, 6) is 0. The minimum Gasteiger partial charge on any atom is -0.465 e. The van der Waals surface area contributed by atoms with Crippen LogP contribution in [0, 0.1) is 6.92 Å². The number of halogens is 1. The molecule has 0 aromatic heterocycles. The summed E-state index contributed by atoms with van der Waals surface area (Å²) in [5, 5.41) is 12.2. The van der Waals surface area contributed by atoms with Crippen molar-refractivity contribution in [2.75, 3.05) is 11.9 Å². The summed E-state index contributed by atoms with van der Waals surface area (Å²) < 4.78 is 6.18. The number of hydrogen-bond donors (Lipinski definition) is 2. The van der Waals surface area contributed by atoms with Crippen LogP contribution in [0.4, 0.5) is 15.3 Å². The normalized spacial score (nSPS) is 25.4. The average Bonchev–Trinajstić information content (AvgIpc) is 2.76. The first-order chi connectivity index (χ1) is 11.4. The van der Waals surface area contributed by atoms with Crippen LogP contribution in [0.1, 0.15) is 37.7 Å². The van der Waals surface area contributed by atoms with Gasteiger partial charge in [-0.15, -0.1) is 0 Å². The van der Waals surface area contributed by atoms with Crippen molar-refractivity contribution in [1.29, 1.82) is 0 Å². The number of rotatable bonds is 3. The molecule has 0 aliphatic carbocycles. The summed E-state index contributed by atoms with van der Waals surface area (Å²) >= 11 is 3.41. The minimum absolute atomic E-state index is 0.0640. The van der Waals surface area contributed by atoms with E-state index in [-0.39, 0.29) is 12.6 Å². The van der Waals surface area contributed by atoms with Gasteiger partial charge in [-0.1, -0.05) is 6.07 Å². The zero-order valence-electron chi connectivity index (χ0n) is 13.5. The SMILES string of the molecule is Cc1ccc(NC(=O)OCC23CCCC(CC2)N3C(=O)O)c(Br)c1. The highest BCUT2D eigenvalue weighted by molar-refractivity contribution is 9.10. The maximum absolute atomic E-state index is 12.1. The number of carbonyl (C=O) groups excluding carboxylic acids is 1. The molecule has 7 heteroatoms. The molecule has 2 N–H and O–H groups in total. The number of anilines is 1. The Bertz CT molecular complexity index is 662. The van der Waals surface area contributed by atoms with Gasteiger partial charge in [-0.05, 0) is 72.7 Å². The fraction of sp³-hybridized carbons (Fsp3) is 0.529. The summed E-state index contributed by atoms with van der Waals surface area (Å²) in [6, 6.07) is 5.67. The Labute approximate surface area is 149 Å². The monoisotopic (exact) mass is 396 g/mol. The lowest BCUT2D eigenvalue weighted by atomic mass is 9.89. The molecule has 6 nitrogen and oxygen atoms in total. The fourth-order valence-corrected chi connectivity index (χ4v) is 4.49. The quantitative estimate of drug-likeness (QED) is 0.794. The molecule has 24 heavy (non-hydrogen) atoms. The molecule has 2 aliphatic heterocycles. The number of nitrogens with one attached hydrogen (secondary N) is 1. The van der Waals surface area contributed by atoms with Crippen molar-refractivity contribution < 1.29 is 19.4 Å². The number of piperidine rings is 1. The average molecular weight is 397 g/mol. The Hall–Kier alpha value is -1.76. The predicted molar refractivity (Wildman–Crippen MR) is 93.3 cm³/mol. The molecule has 1 aromatic carbocycles. The van der Waals surface area contributed by atoms with E-state index >= 15 is 0 Å². The van der Waals surface area contributed by atoms with E-state index < -0.39 is 17.7 Å². The molecule has 2 bridgehead atoms. The predicted octanol–water partition coefficient (Wildman–Crippen LogP) is 4.37. The van der Waals surface area contributed by atoms with Crippen molar-refractivity contribution in [2.24, 2.45) is 0 Å². The molecule has 0 saturated carbocycles. The van der Waals surface area contributed by atoms with E-state index in [1.165, 1.54) is 4.90 Å². The Morgan fingerprint density at radius 3 is 2.92 bits per heavy atom. The van der Waals surface area contributed by atoms with Crippen LogP contribution in [0.2, 0.25) is 0 Å². The van der Waals surface area contributed by atoms with Crippen molar-refractivity contribution in [2.45, 2.75) is 50.6 Å². The molecule has 2 heterocycles. The maximum Gasteiger partial charge on any atom is 0.411 e. The van der Waals surface area contributed by atoms with E-state index in [0.29, 0.717) is 5.69 Å². The molecule has 0 radical (unpaired) electrons. The van der Waals surface area contributed by atoms with Gasteiger partial charge in [0.2, 0.25) is 0 Å². The highest BCUT2D eigenvalue weighted by atomic mass is 79.9. The summed E-state index contributed by atoms with van der Waals surface area (Å²) in [5.41, 5.74) is 1.15. The van der Waals surface area contributed by atoms with Crippen LogP contribution in [0.15, 0.2) is 22.7 Å². The molecular weight excluding hydrogens is 376 g/mol. The molecular formula is C17H21BrN2O4. The lowest BCUT2D eigenvalue weighted by molar-refractivity contribution is 0.0110. The van der Waals surface area contributed by atoms with Crippen LogP contribution < -0.4 is 5.32 Å². The molecule has 2 atom stereocenters. The van der Waals surface area contributed by atoms with Crippen molar-refractivity contribution in [3.63, 3.8) is 0 Å². The summed E-state index contributed by atoms with van der Waals surface area (Å²) in [6.45, 7) is 2.07. The first-order valence-corrected chi connectivity index (χ1v) is 8.93. The molecule has 2 aliphatic rings. The first-order valence-electron chi connectivity index (χ1n) is 8.13. The number of carbonyl (C=O) groups is 2. The van der Waals surface area contributed by atoms with E-state index in [4.69, 9.17) is 4.74 Å². The number of hydrogen-bond acceptors (Lipinski definition) is 3. The lowest BCUT2D eigenvalue weighted by Gasteiger charge is -2.42. The second kappa shape index (κ2) is 6.63. The van der Waals surface area contributed by atoms with Gasteiger partial charge in [0.15, 0.2) is 0 Å². The van der Waals surface area contributed by atoms with Crippen LogP contribution in [-0.4, -0.2) is 40.4 Å². The third kappa shape index (κ3) is 3.22. The molecule has 3 rings (SSSR count). The largest absolute Gasteiger partial charge is 0.465 e. The molecule has 2 unspecified atom stereocenters. The highest BCUT2D eigenvalue weighted by Gasteiger charge is 2.52. The maximum atomic E-state index is 12.1. The van der Waals surface area contributed by atoms with Gasteiger partial charge in [-0.25, -0.2) is 9.59 Å². The Morgan fingerprint density at radius 2 is 2.21 bits per heavy atom. The van der Waals surface area contributed by atoms with Gasteiger partial charge in [0.1, 0.15) is 6.61 Å². The molecule has 0 spiro atoms. The zero-order valence-corrected chi connectivity index (χ0v) is 15.1. The van der Waals surface area contributed by atoms with Crippen molar-refractivity contribution in [3.05, 3.63) is 28.2 Å². The summed E-state index contributed by atoms with van der Waals surface area (Å²) in [7, 11) is 0. The standard InChI is InChI=1S/C17H21BrN2O4/c1-11-4-5-14(13(18)9-11)19-15(21)24-10-17-7-2-3-12(6-8-17)20(17)16(22)23/h4-5,9,12H,2-3,6-8,10H2,1H3,(H,19,21)(H,22,23). The van der Waals surface area contributed by atoms with Gasteiger partial charge < -0.3 is 9.84 Å². The smallest absolute Gasteiger partial charge is 0.411 e. The minimum atomic E-state index is -0.914. The summed E-state index contributed by atoms with van der Waals surface area (Å²) in [6.07, 6.45) is 2.75. The van der Waals surface area contributed by atoms with E-state index in [1.807, 2.05) is 19.1 Å². The second-order valence-corrected chi connectivity index (χ2v) is 7.50. The Balaban J connectivity index is 1.64. The molecule has 2 amide bonds. The van der Waals surface area contributed by atoms with Gasteiger partial charge in [-0.3, -0.25) is 10.2 Å². The van der Waals surface area contributed by atoms with Crippen LogP contribution in [0.5, 0.6) is 0 Å². The van der Waals surface area contributed by atoms with Crippen molar-refractivity contribution >= 4 is 33.8 Å². The number of ether oxygens (including phenoxy) is 1. The van der Waals surface area contributed by atoms with Crippen molar-refractivity contribution in [1.82, 2.24) is 4.90 Å². The fourth-order valence-electron chi connectivity index (χ4n) is 3.90. The van der Waals surface area contributed by atoms with Gasteiger partial charge in [0, 0.05) is 10.5 Å². The van der Waals surface area contributed by atoms with E-state index in [1.54, 1.807) is 6.07 Å². The Kier molecular flexibility index (Phi) is 4.71. The number of fused-ring (bicyclic) bond motifs is 2. The first kappa shape index (κ1) is 17.1. The highest BCUT2D eigenvalue weighted by Crippen LogP contribution is 2.44. The summed E-state index contributed by atoms with van der Waals surface area (Å²) in [4.78, 5) is 25.2. The van der Waals surface area contributed by atoms with Crippen LogP contribution >= 0.6 is 15.9 Å². The van der Waals surface area contributed by atoms with E-state index in [0.717, 1.165) is 42.1 Å². The third-order valence-corrected chi connectivity index (χ3v) is 5.69. The van der Waals surface area contributed by atoms with Gasteiger partial charge in [-0.2, -0.15) is 0 Å². The third-order valence-electron chi connectivity index (χ3n) is 5.04. The Morgan fingerprint density at radius 1 is 1.42 bits per heavy atom. The van der Waals surface area contributed by atoms with Crippen LogP contribution in [0.25, 0.3) is 0 Å². The van der Waals surface area contributed by atoms with E-state index in [2.05, 4.69) is 21.2 Å². The molecule has 2 saturated heterocycles. The van der Waals surface area contributed by atoms with Crippen LogP contribution in [-0.2, 0) is 4.74 Å². The van der Waals surface area contributed by atoms with Crippen molar-refractivity contribution in [3.8, 4) is 0 Å². The van der Waals surface area contributed by atoms with Gasteiger partial charge in [0.05, 0.1) is 11.2 Å². The van der Waals surface area contributed by atoms with Crippen LogP contribution in [0.3, 0.4) is 0 Å². The topological polar surface area (TPSA) is 78.9 Å². The number of carboxylic acid groups (broad SMARTS) is 1. The molecule has 2 fully saturated rings. The number of amides is 2. The number of benzene rings is 1. The molecule has 130 valence electrons. The number of nitrogens with zero attached hydrogens (tertiary/aromatic N) is 1. The molecule has 1 aromatic rings.